The number of rotatable bonds is 6. The molecule has 2 N–H and O–H groups in total. The summed E-state index contributed by atoms with van der Waals surface area (Å²) in [5.41, 5.74) is 0.155. The van der Waals surface area contributed by atoms with Gasteiger partial charge in [0.2, 0.25) is 11.8 Å². The highest BCUT2D eigenvalue weighted by Crippen LogP contribution is 2.08. The Morgan fingerprint density at radius 1 is 1.13 bits per heavy atom. The first-order valence-corrected chi connectivity index (χ1v) is 7.64. The number of amides is 3. The lowest BCUT2D eigenvalue weighted by Gasteiger charge is -2.15. The van der Waals surface area contributed by atoms with Gasteiger partial charge in [-0.1, -0.05) is 6.07 Å². The summed E-state index contributed by atoms with van der Waals surface area (Å²) in [5.74, 6) is -1.38. The van der Waals surface area contributed by atoms with Crippen LogP contribution in [0.1, 0.15) is 29.6 Å². The summed E-state index contributed by atoms with van der Waals surface area (Å²) in [4.78, 5) is 36.9. The first-order chi connectivity index (χ1) is 11.1. The molecule has 0 bridgehead atoms. The molecule has 1 fully saturated rings. The van der Waals surface area contributed by atoms with E-state index >= 15 is 0 Å². The van der Waals surface area contributed by atoms with E-state index in [2.05, 4.69) is 10.6 Å². The fourth-order valence-electron chi connectivity index (χ4n) is 2.39. The zero-order valence-electron chi connectivity index (χ0n) is 12.8. The maximum atomic E-state index is 13.0. The zero-order valence-corrected chi connectivity index (χ0v) is 12.8. The number of hydrogen-bond donors (Lipinski definition) is 2. The lowest BCUT2D eigenvalue weighted by Crippen LogP contribution is -2.38. The third kappa shape index (κ3) is 5.36. The van der Waals surface area contributed by atoms with E-state index in [1.165, 1.54) is 18.2 Å². The van der Waals surface area contributed by atoms with Crippen LogP contribution in [-0.4, -0.2) is 48.8 Å². The highest BCUT2D eigenvalue weighted by Gasteiger charge is 2.17. The van der Waals surface area contributed by atoms with Crippen molar-refractivity contribution < 1.29 is 18.8 Å². The van der Waals surface area contributed by atoms with E-state index in [1.807, 2.05) is 0 Å². The van der Waals surface area contributed by atoms with Gasteiger partial charge in [-0.25, -0.2) is 4.39 Å². The van der Waals surface area contributed by atoms with Gasteiger partial charge in [-0.2, -0.15) is 0 Å². The van der Waals surface area contributed by atoms with Crippen LogP contribution in [0.2, 0.25) is 0 Å². The number of nitrogens with zero attached hydrogens (tertiary/aromatic N) is 1. The molecule has 0 saturated carbocycles. The molecule has 1 heterocycles. The summed E-state index contributed by atoms with van der Waals surface area (Å²) in [6, 6.07) is 5.22. The quantitative estimate of drug-likeness (QED) is 0.809. The number of nitrogens with one attached hydrogen (secondary N) is 2. The Labute approximate surface area is 134 Å². The molecule has 3 amide bonds. The molecule has 0 unspecified atom stereocenters. The molecule has 23 heavy (non-hydrogen) atoms. The zero-order chi connectivity index (χ0) is 16.7. The molecule has 124 valence electrons. The molecule has 1 aliphatic rings. The molecule has 0 atom stereocenters. The van der Waals surface area contributed by atoms with Crippen LogP contribution in [0.25, 0.3) is 0 Å². The number of carbonyl (C=O) groups is 3. The van der Waals surface area contributed by atoms with Crippen molar-refractivity contribution in [3.63, 3.8) is 0 Å². The molecule has 1 saturated heterocycles. The van der Waals surface area contributed by atoms with Crippen molar-refractivity contribution in [2.75, 3.05) is 26.2 Å². The molecule has 1 aromatic carbocycles. The molecule has 6 nitrogen and oxygen atoms in total. The largest absolute Gasteiger partial charge is 0.354 e. The number of halogens is 1. The van der Waals surface area contributed by atoms with Crippen molar-refractivity contribution >= 4 is 17.7 Å². The Balaban J connectivity index is 1.65. The normalized spacial score (nSPS) is 13.7. The van der Waals surface area contributed by atoms with Gasteiger partial charge in [-0.15, -0.1) is 0 Å². The van der Waals surface area contributed by atoms with Gasteiger partial charge < -0.3 is 15.5 Å². The van der Waals surface area contributed by atoms with Crippen molar-refractivity contribution in [2.45, 2.75) is 19.3 Å². The van der Waals surface area contributed by atoms with Gasteiger partial charge in [0.05, 0.1) is 6.54 Å². The second kappa shape index (κ2) is 8.26. The van der Waals surface area contributed by atoms with E-state index in [9.17, 15) is 18.8 Å². The van der Waals surface area contributed by atoms with Gasteiger partial charge in [-0.05, 0) is 31.0 Å². The Kier molecular flexibility index (Phi) is 6.08. The second-order valence-corrected chi connectivity index (χ2v) is 5.38. The Bertz CT molecular complexity index is 586. The molecule has 0 aromatic heterocycles. The van der Waals surface area contributed by atoms with Gasteiger partial charge in [-0.3, -0.25) is 14.4 Å². The van der Waals surface area contributed by atoms with E-state index in [1.54, 1.807) is 4.90 Å². The SMILES string of the molecule is O=C(CNC(=O)c1cccc(F)c1)NCCC(=O)N1CCCC1. The van der Waals surface area contributed by atoms with Gasteiger partial charge in [0.15, 0.2) is 0 Å². The predicted octanol–water partition coefficient (Wildman–Crippen LogP) is 0.684. The molecule has 0 radical (unpaired) electrons. The van der Waals surface area contributed by atoms with Crippen LogP contribution in [0, 0.1) is 5.82 Å². The van der Waals surface area contributed by atoms with E-state index in [4.69, 9.17) is 0 Å². The van der Waals surface area contributed by atoms with Crippen molar-refractivity contribution in [1.29, 1.82) is 0 Å². The Morgan fingerprint density at radius 3 is 2.57 bits per heavy atom. The third-order valence-electron chi connectivity index (χ3n) is 3.62. The Hall–Kier alpha value is -2.44. The lowest BCUT2D eigenvalue weighted by atomic mass is 10.2. The minimum absolute atomic E-state index is 0.0339. The second-order valence-electron chi connectivity index (χ2n) is 5.38. The van der Waals surface area contributed by atoms with E-state index < -0.39 is 11.7 Å². The topological polar surface area (TPSA) is 78.5 Å². The first-order valence-electron chi connectivity index (χ1n) is 7.64. The van der Waals surface area contributed by atoms with Crippen LogP contribution < -0.4 is 10.6 Å². The monoisotopic (exact) mass is 321 g/mol. The Morgan fingerprint density at radius 2 is 1.87 bits per heavy atom. The number of benzene rings is 1. The van der Waals surface area contributed by atoms with E-state index in [0.29, 0.717) is 0 Å². The standard InChI is InChI=1S/C16H20FN3O3/c17-13-5-3-4-12(10-13)16(23)19-11-14(21)18-7-6-15(22)20-8-1-2-9-20/h3-5,10H,1-2,6-9,11H2,(H,18,21)(H,19,23). The van der Waals surface area contributed by atoms with Crippen molar-refractivity contribution in [2.24, 2.45) is 0 Å². The summed E-state index contributed by atoms with van der Waals surface area (Å²) in [5, 5.41) is 4.99. The number of likely N-dealkylation sites (tertiary alicyclic amines) is 1. The summed E-state index contributed by atoms with van der Waals surface area (Å²) < 4.78 is 13.0. The molecular formula is C16H20FN3O3. The predicted molar refractivity (Wildman–Crippen MR) is 82.2 cm³/mol. The molecule has 1 aromatic rings. The first kappa shape index (κ1) is 16.9. The van der Waals surface area contributed by atoms with Gasteiger partial charge in [0.25, 0.3) is 5.91 Å². The third-order valence-corrected chi connectivity index (χ3v) is 3.62. The highest BCUT2D eigenvalue weighted by molar-refractivity contribution is 5.96. The minimum Gasteiger partial charge on any atom is -0.354 e. The smallest absolute Gasteiger partial charge is 0.251 e. The minimum atomic E-state index is -0.521. The van der Waals surface area contributed by atoms with Crippen molar-refractivity contribution in [3.05, 3.63) is 35.6 Å². The summed E-state index contributed by atoms with van der Waals surface area (Å²) >= 11 is 0. The number of carbonyl (C=O) groups excluding carboxylic acids is 3. The van der Waals surface area contributed by atoms with Gasteiger partial charge >= 0.3 is 0 Å². The molecule has 0 aliphatic carbocycles. The van der Waals surface area contributed by atoms with Crippen LogP contribution in [0.4, 0.5) is 4.39 Å². The van der Waals surface area contributed by atoms with Crippen LogP contribution >= 0.6 is 0 Å². The summed E-state index contributed by atoms with van der Waals surface area (Å²) in [6.07, 6.45) is 2.32. The highest BCUT2D eigenvalue weighted by atomic mass is 19.1. The average molecular weight is 321 g/mol. The van der Waals surface area contributed by atoms with Crippen molar-refractivity contribution in [3.8, 4) is 0 Å². The average Bonchev–Trinajstić information content (AvgIpc) is 3.07. The van der Waals surface area contributed by atoms with Gasteiger partial charge in [0.1, 0.15) is 5.82 Å². The van der Waals surface area contributed by atoms with Gasteiger partial charge in [0, 0.05) is 31.6 Å². The molecule has 7 heteroatoms. The molecular weight excluding hydrogens is 301 g/mol. The van der Waals surface area contributed by atoms with Crippen LogP contribution in [0.3, 0.4) is 0 Å². The number of hydrogen-bond acceptors (Lipinski definition) is 3. The summed E-state index contributed by atoms with van der Waals surface area (Å²) in [7, 11) is 0. The van der Waals surface area contributed by atoms with Crippen LogP contribution in [-0.2, 0) is 9.59 Å². The molecule has 2 rings (SSSR count). The summed E-state index contributed by atoms with van der Waals surface area (Å²) in [6.45, 7) is 1.60. The fourth-order valence-corrected chi connectivity index (χ4v) is 2.39. The molecule has 1 aliphatic heterocycles. The van der Waals surface area contributed by atoms with Crippen molar-refractivity contribution in [1.82, 2.24) is 15.5 Å². The van der Waals surface area contributed by atoms with E-state index in [-0.39, 0.29) is 36.9 Å². The lowest BCUT2D eigenvalue weighted by molar-refractivity contribution is -0.130. The fraction of sp³-hybridized carbons (Fsp3) is 0.438. The molecule has 0 spiro atoms. The maximum Gasteiger partial charge on any atom is 0.251 e. The van der Waals surface area contributed by atoms with Crippen LogP contribution in [0.5, 0.6) is 0 Å². The maximum absolute atomic E-state index is 13.0. The van der Waals surface area contributed by atoms with Crippen LogP contribution in [0.15, 0.2) is 24.3 Å². The van der Waals surface area contributed by atoms with E-state index in [0.717, 1.165) is 32.0 Å².